The van der Waals surface area contributed by atoms with Gasteiger partial charge in [-0.05, 0) is 66.3 Å². The van der Waals surface area contributed by atoms with Gasteiger partial charge in [-0.1, -0.05) is 12.1 Å². The lowest BCUT2D eigenvalue weighted by atomic mass is 10.2. The maximum Gasteiger partial charge on any atom is 0.243 e. The number of rotatable bonds is 5. The number of aryl methyl sites for hydroxylation is 2. The van der Waals surface area contributed by atoms with Crippen molar-refractivity contribution in [3.05, 3.63) is 51.7 Å². The summed E-state index contributed by atoms with van der Waals surface area (Å²) in [7, 11) is -3.43. The smallest absolute Gasteiger partial charge is 0.207 e. The monoisotopic (exact) mass is 321 g/mol. The van der Waals surface area contributed by atoms with Crippen LogP contribution >= 0.6 is 11.3 Å². The molecule has 3 rings (SSSR count). The zero-order valence-electron chi connectivity index (χ0n) is 12.2. The van der Waals surface area contributed by atoms with Crippen LogP contribution in [0.3, 0.4) is 0 Å². The SMILES string of the molecule is Cc1ccc(C)c(S(=O)(=O)N(Cc2ccsc2)C2CC2)c1. The Morgan fingerprint density at radius 2 is 2.00 bits per heavy atom. The van der Waals surface area contributed by atoms with Gasteiger partial charge in [0.2, 0.25) is 10.0 Å². The van der Waals surface area contributed by atoms with Crippen LogP contribution in [0.4, 0.5) is 0 Å². The number of benzene rings is 1. The Kier molecular flexibility index (Phi) is 3.90. The van der Waals surface area contributed by atoms with Gasteiger partial charge in [-0.25, -0.2) is 8.42 Å². The summed E-state index contributed by atoms with van der Waals surface area (Å²) in [5.74, 6) is 0. The van der Waals surface area contributed by atoms with Gasteiger partial charge in [-0.3, -0.25) is 0 Å². The minimum absolute atomic E-state index is 0.162. The molecule has 1 heterocycles. The van der Waals surface area contributed by atoms with E-state index >= 15 is 0 Å². The molecule has 5 heteroatoms. The van der Waals surface area contributed by atoms with Crippen LogP contribution in [0.5, 0.6) is 0 Å². The Hall–Kier alpha value is -1.17. The van der Waals surface area contributed by atoms with E-state index in [2.05, 4.69) is 0 Å². The van der Waals surface area contributed by atoms with Crippen molar-refractivity contribution in [1.29, 1.82) is 0 Å². The standard InChI is InChI=1S/C16H19NO2S2/c1-12-3-4-13(2)16(9-12)21(18,19)17(15-5-6-15)10-14-7-8-20-11-14/h3-4,7-9,11,15H,5-6,10H2,1-2H3. The number of thiophene rings is 1. The maximum atomic E-state index is 13.0. The molecule has 0 spiro atoms. The van der Waals surface area contributed by atoms with Crippen molar-refractivity contribution >= 4 is 21.4 Å². The number of hydrogen-bond acceptors (Lipinski definition) is 3. The molecule has 1 aromatic carbocycles. The van der Waals surface area contributed by atoms with Crippen molar-refractivity contribution < 1.29 is 8.42 Å². The lowest BCUT2D eigenvalue weighted by Gasteiger charge is -2.22. The third kappa shape index (κ3) is 3.05. The first-order valence-electron chi connectivity index (χ1n) is 7.08. The van der Waals surface area contributed by atoms with Crippen LogP contribution in [-0.4, -0.2) is 18.8 Å². The highest BCUT2D eigenvalue weighted by molar-refractivity contribution is 7.89. The Morgan fingerprint density at radius 3 is 2.62 bits per heavy atom. The topological polar surface area (TPSA) is 37.4 Å². The number of hydrogen-bond donors (Lipinski definition) is 0. The third-order valence-corrected chi connectivity index (χ3v) is 6.58. The highest BCUT2D eigenvalue weighted by Crippen LogP contribution is 2.34. The lowest BCUT2D eigenvalue weighted by Crippen LogP contribution is -2.33. The minimum atomic E-state index is -3.43. The molecule has 0 saturated heterocycles. The first-order valence-corrected chi connectivity index (χ1v) is 9.47. The normalized spacial score (nSPS) is 15.6. The van der Waals surface area contributed by atoms with Crippen molar-refractivity contribution in [2.24, 2.45) is 0 Å². The molecule has 1 saturated carbocycles. The van der Waals surface area contributed by atoms with Crippen LogP contribution < -0.4 is 0 Å². The average molecular weight is 321 g/mol. The van der Waals surface area contributed by atoms with E-state index < -0.39 is 10.0 Å². The third-order valence-electron chi connectivity index (χ3n) is 3.80. The molecule has 0 bridgehead atoms. The largest absolute Gasteiger partial charge is 0.243 e. The quantitative estimate of drug-likeness (QED) is 0.841. The zero-order valence-corrected chi connectivity index (χ0v) is 13.9. The van der Waals surface area contributed by atoms with Gasteiger partial charge in [0.25, 0.3) is 0 Å². The van der Waals surface area contributed by atoms with Crippen LogP contribution in [0.1, 0.15) is 29.5 Å². The summed E-state index contributed by atoms with van der Waals surface area (Å²) < 4.78 is 27.8. The molecule has 3 nitrogen and oxygen atoms in total. The molecule has 0 radical (unpaired) electrons. The molecule has 0 aliphatic heterocycles. The van der Waals surface area contributed by atoms with Crippen molar-refractivity contribution in [1.82, 2.24) is 4.31 Å². The zero-order chi connectivity index (χ0) is 15.0. The van der Waals surface area contributed by atoms with E-state index in [4.69, 9.17) is 0 Å². The van der Waals surface area contributed by atoms with Crippen molar-refractivity contribution in [2.45, 2.75) is 44.2 Å². The van der Waals surface area contributed by atoms with Crippen LogP contribution in [0.15, 0.2) is 39.9 Å². The summed E-state index contributed by atoms with van der Waals surface area (Å²) in [5, 5.41) is 4.01. The molecule has 0 N–H and O–H groups in total. The van der Waals surface area contributed by atoms with Crippen LogP contribution in [0.25, 0.3) is 0 Å². The van der Waals surface area contributed by atoms with Crippen LogP contribution in [-0.2, 0) is 16.6 Å². The van der Waals surface area contributed by atoms with Gasteiger partial charge in [-0.15, -0.1) is 0 Å². The number of nitrogens with zero attached hydrogens (tertiary/aromatic N) is 1. The fourth-order valence-electron chi connectivity index (χ4n) is 2.45. The van der Waals surface area contributed by atoms with Crippen molar-refractivity contribution in [3.8, 4) is 0 Å². The Balaban J connectivity index is 1.99. The van der Waals surface area contributed by atoms with E-state index in [0.717, 1.165) is 29.5 Å². The molecule has 112 valence electrons. The van der Waals surface area contributed by atoms with E-state index in [1.165, 1.54) is 0 Å². The molecular formula is C16H19NO2S2. The van der Waals surface area contributed by atoms with Gasteiger partial charge in [0.1, 0.15) is 0 Å². The Labute approximate surface area is 130 Å². The van der Waals surface area contributed by atoms with Gasteiger partial charge < -0.3 is 0 Å². The van der Waals surface area contributed by atoms with Crippen molar-refractivity contribution in [2.75, 3.05) is 0 Å². The second-order valence-corrected chi connectivity index (χ2v) is 8.32. The first-order chi connectivity index (χ1) is 9.98. The van der Waals surface area contributed by atoms with Gasteiger partial charge in [-0.2, -0.15) is 15.6 Å². The molecule has 1 aliphatic carbocycles. The second-order valence-electron chi connectivity index (χ2n) is 5.68. The van der Waals surface area contributed by atoms with Crippen LogP contribution in [0, 0.1) is 13.8 Å². The highest BCUT2D eigenvalue weighted by Gasteiger charge is 2.38. The van der Waals surface area contributed by atoms with E-state index in [9.17, 15) is 8.42 Å². The van der Waals surface area contributed by atoms with Gasteiger partial charge in [0, 0.05) is 12.6 Å². The van der Waals surface area contributed by atoms with E-state index in [1.54, 1.807) is 21.7 Å². The van der Waals surface area contributed by atoms with Crippen LogP contribution in [0.2, 0.25) is 0 Å². The highest BCUT2D eigenvalue weighted by atomic mass is 32.2. The average Bonchev–Trinajstić information content (AvgIpc) is 3.14. The van der Waals surface area contributed by atoms with Gasteiger partial charge in [0.15, 0.2) is 0 Å². The molecule has 0 atom stereocenters. The molecule has 2 aromatic rings. The maximum absolute atomic E-state index is 13.0. The van der Waals surface area contributed by atoms with Gasteiger partial charge >= 0.3 is 0 Å². The summed E-state index contributed by atoms with van der Waals surface area (Å²) in [6, 6.07) is 7.79. The number of sulfonamides is 1. The molecule has 1 aromatic heterocycles. The molecule has 0 unspecified atom stereocenters. The van der Waals surface area contributed by atoms with Crippen molar-refractivity contribution in [3.63, 3.8) is 0 Å². The van der Waals surface area contributed by atoms with E-state index in [1.807, 2.05) is 42.8 Å². The summed E-state index contributed by atoms with van der Waals surface area (Å²) in [5.41, 5.74) is 2.86. The summed E-state index contributed by atoms with van der Waals surface area (Å²) in [6.07, 6.45) is 1.93. The molecule has 21 heavy (non-hydrogen) atoms. The predicted molar refractivity (Wildman–Crippen MR) is 86.0 cm³/mol. The summed E-state index contributed by atoms with van der Waals surface area (Å²) >= 11 is 1.60. The molecule has 1 aliphatic rings. The van der Waals surface area contributed by atoms with Gasteiger partial charge in [0.05, 0.1) is 4.90 Å². The summed E-state index contributed by atoms with van der Waals surface area (Å²) in [4.78, 5) is 0.449. The minimum Gasteiger partial charge on any atom is -0.207 e. The predicted octanol–water partition coefficient (Wildman–Crippen LogP) is 3.72. The lowest BCUT2D eigenvalue weighted by molar-refractivity contribution is 0.399. The summed E-state index contributed by atoms with van der Waals surface area (Å²) in [6.45, 7) is 4.27. The molecule has 0 amide bonds. The first kappa shape index (κ1) is 14.8. The Morgan fingerprint density at radius 1 is 1.24 bits per heavy atom. The molecule has 1 fully saturated rings. The van der Waals surface area contributed by atoms with E-state index in [0.29, 0.717) is 11.4 Å². The fraction of sp³-hybridized carbons (Fsp3) is 0.375. The fourth-order valence-corrected chi connectivity index (χ4v) is 5.09. The Bertz CT molecular complexity index is 732. The van der Waals surface area contributed by atoms with E-state index in [-0.39, 0.29) is 6.04 Å². The molecular weight excluding hydrogens is 302 g/mol. The second kappa shape index (κ2) is 5.55.